The molecule has 0 saturated carbocycles. The number of hydrogen-bond acceptors (Lipinski definition) is 6. The number of methoxy groups -OCH3 is 1. The first-order valence-corrected chi connectivity index (χ1v) is 6.85. The molecule has 1 aromatic rings. The first kappa shape index (κ1) is 15.1. The van der Waals surface area contributed by atoms with Gasteiger partial charge in [0.25, 0.3) is 0 Å². The molecule has 21 heavy (non-hydrogen) atoms. The van der Waals surface area contributed by atoms with Crippen LogP contribution in [0.1, 0.15) is 30.1 Å². The van der Waals surface area contributed by atoms with E-state index >= 15 is 0 Å². The Kier molecular flexibility index (Phi) is 4.35. The average molecular weight is 296 g/mol. The van der Waals surface area contributed by atoms with Gasteiger partial charge in [-0.3, -0.25) is 4.79 Å². The van der Waals surface area contributed by atoms with Gasteiger partial charge in [0.15, 0.2) is 5.82 Å². The summed E-state index contributed by atoms with van der Waals surface area (Å²) < 4.78 is 5.88. The van der Waals surface area contributed by atoms with Crippen molar-refractivity contribution in [2.75, 3.05) is 30.8 Å². The van der Waals surface area contributed by atoms with Gasteiger partial charge in [0, 0.05) is 13.1 Å². The molecule has 2 rings (SSSR count). The van der Waals surface area contributed by atoms with Gasteiger partial charge in [-0.2, -0.15) is 5.10 Å². The van der Waals surface area contributed by atoms with E-state index in [0.717, 1.165) is 30.6 Å². The fourth-order valence-corrected chi connectivity index (χ4v) is 2.61. The number of anilines is 2. The normalized spacial score (nSPS) is 18.6. The number of aromatic nitrogens is 2. The summed E-state index contributed by atoms with van der Waals surface area (Å²) in [5, 5.41) is 13.1. The van der Waals surface area contributed by atoms with Gasteiger partial charge in [-0.15, -0.1) is 0 Å². The zero-order valence-corrected chi connectivity index (χ0v) is 12.2. The van der Waals surface area contributed by atoms with Crippen molar-refractivity contribution in [2.45, 2.75) is 26.3 Å². The second kappa shape index (κ2) is 6.02. The minimum Gasteiger partial charge on any atom is -0.480 e. The Bertz CT molecular complexity index is 555. The maximum atomic E-state index is 11.9. The Hall–Kier alpha value is -2.25. The first-order valence-electron chi connectivity index (χ1n) is 6.85. The number of nitrogens with two attached hydrogens (primary N) is 1. The van der Waals surface area contributed by atoms with Crippen LogP contribution in [0.15, 0.2) is 0 Å². The largest absolute Gasteiger partial charge is 0.480 e. The van der Waals surface area contributed by atoms with E-state index in [1.807, 2.05) is 4.90 Å². The highest BCUT2D eigenvalue weighted by molar-refractivity contribution is 6.00. The lowest BCUT2D eigenvalue weighted by Crippen LogP contribution is -2.35. The highest BCUT2D eigenvalue weighted by Crippen LogP contribution is 2.29. The summed E-state index contributed by atoms with van der Waals surface area (Å²) >= 11 is 0. The first-order chi connectivity index (χ1) is 9.93. The molecule has 0 aliphatic carbocycles. The van der Waals surface area contributed by atoms with Crippen LogP contribution >= 0.6 is 0 Å². The third-order valence-electron chi connectivity index (χ3n) is 3.60. The summed E-state index contributed by atoms with van der Waals surface area (Å²) in [5.74, 6) is -0.753. The molecule has 1 aliphatic rings. The van der Waals surface area contributed by atoms with Crippen molar-refractivity contribution in [2.24, 2.45) is 5.92 Å². The molecule has 1 saturated heterocycles. The number of rotatable bonds is 4. The highest BCUT2D eigenvalue weighted by atomic mass is 16.5. The highest BCUT2D eigenvalue weighted by Gasteiger charge is 2.29. The fourth-order valence-electron chi connectivity index (χ4n) is 2.61. The van der Waals surface area contributed by atoms with Crippen LogP contribution in [0.2, 0.25) is 0 Å². The van der Waals surface area contributed by atoms with Crippen molar-refractivity contribution in [1.82, 2.24) is 9.78 Å². The van der Waals surface area contributed by atoms with Gasteiger partial charge in [0.1, 0.15) is 17.9 Å². The molecule has 3 N–H and O–H groups in total. The van der Waals surface area contributed by atoms with E-state index in [1.165, 1.54) is 7.11 Å². The Balaban J connectivity index is 2.42. The van der Waals surface area contributed by atoms with E-state index < -0.39 is 11.9 Å². The van der Waals surface area contributed by atoms with Gasteiger partial charge >= 0.3 is 11.9 Å². The second-order valence-electron chi connectivity index (χ2n) is 5.32. The number of nitrogen functional groups attached to an aromatic ring is 1. The van der Waals surface area contributed by atoms with E-state index in [0.29, 0.717) is 11.7 Å². The van der Waals surface area contributed by atoms with Crippen LogP contribution in [0.4, 0.5) is 11.6 Å². The zero-order chi connectivity index (χ0) is 15.6. The van der Waals surface area contributed by atoms with Crippen molar-refractivity contribution in [3.63, 3.8) is 0 Å². The molecular formula is C13H20N4O4. The Labute approximate surface area is 122 Å². The number of carbonyl (C=O) groups excluding carboxylic acids is 1. The molecule has 1 atom stereocenters. The maximum absolute atomic E-state index is 11.9. The number of carboxylic acids is 1. The van der Waals surface area contributed by atoms with E-state index in [4.69, 9.17) is 15.6 Å². The van der Waals surface area contributed by atoms with Gasteiger partial charge in [-0.1, -0.05) is 6.92 Å². The van der Waals surface area contributed by atoms with Gasteiger partial charge < -0.3 is 20.5 Å². The van der Waals surface area contributed by atoms with Gasteiger partial charge in [-0.25, -0.2) is 9.48 Å². The van der Waals surface area contributed by atoms with Crippen LogP contribution in [-0.2, 0) is 16.1 Å². The standard InChI is InChI=1S/C13H20N4O4/c1-8-4-3-5-16(6-8)12-10(13(20)21-2)11(14)17(15-12)7-9(18)19/h8H,3-7,14H2,1-2H3,(H,18,19). The molecule has 0 aromatic carbocycles. The van der Waals surface area contributed by atoms with E-state index in [2.05, 4.69) is 12.0 Å². The molecule has 2 heterocycles. The van der Waals surface area contributed by atoms with Crippen LogP contribution in [0.3, 0.4) is 0 Å². The number of aliphatic carboxylic acids is 1. The number of piperidine rings is 1. The molecule has 0 amide bonds. The Morgan fingerprint density at radius 3 is 2.81 bits per heavy atom. The van der Waals surface area contributed by atoms with Crippen molar-refractivity contribution in [3.8, 4) is 0 Å². The van der Waals surface area contributed by atoms with Crippen molar-refractivity contribution in [1.29, 1.82) is 0 Å². The van der Waals surface area contributed by atoms with E-state index in [9.17, 15) is 9.59 Å². The molecule has 116 valence electrons. The lowest BCUT2D eigenvalue weighted by molar-refractivity contribution is -0.137. The SMILES string of the molecule is COC(=O)c1c(N2CCCC(C)C2)nn(CC(=O)O)c1N. The van der Waals surface area contributed by atoms with Crippen molar-refractivity contribution in [3.05, 3.63) is 5.56 Å². The van der Waals surface area contributed by atoms with Crippen LogP contribution in [0, 0.1) is 5.92 Å². The molecule has 1 aliphatic heterocycles. The maximum Gasteiger partial charge on any atom is 0.345 e. The lowest BCUT2D eigenvalue weighted by atomic mass is 10.00. The summed E-state index contributed by atoms with van der Waals surface area (Å²) in [7, 11) is 1.26. The number of carboxylic acid groups (broad SMARTS) is 1. The summed E-state index contributed by atoms with van der Waals surface area (Å²) in [6, 6.07) is 0. The lowest BCUT2D eigenvalue weighted by Gasteiger charge is -2.31. The zero-order valence-electron chi connectivity index (χ0n) is 12.2. The minimum absolute atomic E-state index is 0.0254. The summed E-state index contributed by atoms with van der Waals surface area (Å²) in [6.07, 6.45) is 2.11. The van der Waals surface area contributed by atoms with Crippen LogP contribution in [0.5, 0.6) is 0 Å². The Morgan fingerprint density at radius 2 is 2.24 bits per heavy atom. The van der Waals surface area contributed by atoms with Crippen LogP contribution in [-0.4, -0.2) is 47.0 Å². The van der Waals surface area contributed by atoms with Crippen LogP contribution < -0.4 is 10.6 Å². The number of hydrogen-bond donors (Lipinski definition) is 2. The molecular weight excluding hydrogens is 276 g/mol. The average Bonchev–Trinajstić information content (AvgIpc) is 2.75. The summed E-state index contributed by atoms with van der Waals surface area (Å²) in [6.45, 7) is 3.26. The predicted molar refractivity (Wildman–Crippen MR) is 76.2 cm³/mol. The van der Waals surface area contributed by atoms with Gasteiger partial charge in [-0.05, 0) is 18.8 Å². The topological polar surface area (TPSA) is 111 Å². The van der Waals surface area contributed by atoms with E-state index in [1.54, 1.807) is 0 Å². The molecule has 1 fully saturated rings. The fraction of sp³-hybridized carbons (Fsp3) is 0.615. The van der Waals surface area contributed by atoms with E-state index in [-0.39, 0.29) is 17.9 Å². The third-order valence-corrected chi connectivity index (χ3v) is 3.60. The molecule has 8 heteroatoms. The molecule has 1 unspecified atom stereocenters. The predicted octanol–water partition coefficient (Wildman–Crippen LogP) is 0.573. The van der Waals surface area contributed by atoms with Crippen molar-refractivity contribution < 1.29 is 19.4 Å². The third kappa shape index (κ3) is 3.09. The molecule has 8 nitrogen and oxygen atoms in total. The van der Waals surface area contributed by atoms with Gasteiger partial charge in [0.05, 0.1) is 7.11 Å². The monoisotopic (exact) mass is 296 g/mol. The molecule has 0 bridgehead atoms. The van der Waals surface area contributed by atoms with Crippen LogP contribution in [0.25, 0.3) is 0 Å². The number of carbonyl (C=O) groups is 2. The number of nitrogens with zero attached hydrogens (tertiary/aromatic N) is 3. The minimum atomic E-state index is -1.07. The quantitative estimate of drug-likeness (QED) is 0.781. The molecule has 0 radical (unpaired) electrons. The summed E-state index contributed by atoms with van der Waals surface area (Å²) in [5.41, 5.74) is 6.03. The Morgan fingerprint density at radius 1 is 1.52 bits per heavy atom. The smallest absolute Gasteiger partial charge is 0.345 e. The summed E-state index contributed by atoms with van der Waals surface area (Å²) in [4.78, 5) is 24.8. The van der Waals surface area contributed by atoms with Crippen molar-refractivity contribution >= 4 is 23.6 Å². The second-order valence-corrected chi connectivity index (χ2v) is 5.32. The van der Waals surface area contributed by atoms with Gasteiger partial charge in [0.2, 0.25) is 0 Å². The molecule has 1 aromatic heterocycles. The molecule has 0 spiro atoms. The number of esters is 1. The number of ether oxygens (including phenoxy) is 1.